The molecule has 28 heavy (non-hydrogen) atoms. The molecule has 0 spiro atoms. The van der Waals surface area contributed by atoms with E-state index < -0.39 is 5.97 Å². The number of para-hydroxylation sites is 1. The first kappa shape index (κ1) is 17.6. The van der Waals surface area contributed by atoms with E-state index in [0.717, 1.165) is 10.4 Å². The zero-order valence-electron chi connectivity index (χ0n) is 14.4. The molecule has 4 aromatic rings. The van der Waals surface area contributed by atoms with Gasteiger partial charge in [0.25, 0.3) is 0 Å². The fourth-order valence-corrected chi connectivity index (χ4v) is 2.91. The predicted molar refractivity (Wildman–Crippen MR) is 103 cm³/mol. The Kier molecular flexibility index (Phi) is 4.93. The zero-order valence-corrected chi connectivity index (χ0v) is 15.2. The number of carbonyl (C=O) groups is 1. The Morgan fingerprint density at radius 2 is 1.93 bits per heavy atom. The minimum absolute atomic E-state index is 0.122. The maximum absolute atomic E-state index is 12.7. The number of aromatic nitrogens is 4. The van der Waals surface area contributed by atoms with Gasteiger partial charge in [-0.3, -0.25) is 0 Å². The van der Waals surface area contributed by atoms with E-state index in [1.165, 1.54) is 11.3 Å². The largest absolute Gasteiger partial charge is 0.390 e. The zero-order chi connectivity index (χ0) is 19.3. The number of hydrogen-bond donors (Lipinski definition) is 1. The van der Waals surface area contributed by atoms with E-state index in [1.807, 2.05) is 36.4 Å². The van der Waals surface area contributed by atoms with Crippen LogP contribution in [0.25, 0.3) is 11.0 Å². The van der Waals surface area contributed by atoms with Gasteiger partial charge in [0.15, 0.2) is 5.13 Å². The second-order valence-corrected chi connectivity index (χ2v) is 6.49. The van der Waals surface area contributed by atoms with Crippen LogP contribution in [0.5, 0.6) is 0 Å². The van der Waals surface area contributed by atoms with Crippen molar-refractivity contribution in [2.24, 2.45) is 5.16 Å². The average molecular weight is 394 g/mol. The summed E-state index contributed by atoms with van der Waals surface area (Å²) in [7, 11) is 0. The monoisotopic (exact) mass is 394 g/mol. The molecular formula is C18H14N6O3S. The van der Waals surface area contributed by atoms with Gasteiger partial charge in [0.05, 0.1) is 0 Å². The minimum Gasteiger partial charge on any atom is -0.390 e. The van der Waals surface area contributed by atoms with E-state index in [4.69, 9.17) is 15.4 Å². The lowest BCUT2D eigenvalue weighted by atomic mass is 10.2. The first-order chi connectivity index (χ1) is 13.7. The molecule has 0 unspecified atom stereocenters. The molecule has 0 saturated heterocycles. The van der Waals surface area contributed by atoms with E-state index in [0.29, 0.717) is 16.2 Å². The van der Waals surface area contributed by atoms with Gasteiger partial charge in [-0.15, -0.1) is 16.4 Å². The summed E-state index contributed by atoms with van der Waals surface area (Å²) in [5.41, 5.74) is 7.84. The van der Waals surface area contributed by atoms with Crippen LogP contribution in [0.3, 0.4) is 0 Å². The van der Waals surface area contributed by atoms with Crippen molar-refractivity contribution < 1.29 is 14.5 Å². The third-order valence-corrected chi connectivity index (χ3v) is 4.35. The Morgan fingerprint density at radius 3 is 2.71 bits per heavy atom. The van der Waals surface area contributed by atoms with Crippen molar-refractivity contribution in [3.05, 3.63) is 71.2 Å². The topological polar surface area (TPSA) is 118 Å². The fraction of sp³-hybridized carbons (Fsp3) is 0.0556. The summed E-state index contributed by atoms with van der Waals surface area (Å²) in [4.78, 5) is 28.5. The summed E-state index contributed by atoms with van der Waals surface area (Å²) in [6.45, 7) is 0.184. The second kappa shape index (κ2) is 7.84. The molecule has 0 aliphatic rings. The van der Waals surface area contributed by atoms with Gasteiger partial charge in [0, 0.05) is 5.38 Å². The lowest BCUT2D eigenvalue weighted by Crippen LogP contribution is -2.29. The van der Waals surface area contributed by atoms with Crippen molar-refractivity contribution in [1.29, 1.82) is 0 Å². The lowest BCUT2D eigenvalue weighted by molar-refractivity contribution is -0.137. The predicted octanol–water partition coefficient (Wildman–Crippen LogP) is 2.05. The number of nitrogen functional groups attached to an aromatic ring is 1. The molecule has 2 N–H and O–H groups in total. The Balaban J connectivity index is 1.57. The number of nitrogens with two attached hydrogens (primary N) is 1. The number of thiazole rings is 1. The summed E-state index contributed by atoms with van der Waals surface area (Å²) in [5, 5.41) is 13.6. The molecule has 2 heterocycles. The number of benzene rings is 2. The first-order valence-corrected chi connectivity index (χ1v) is 9.07. The molecule has 2 aromatic heterocycles. The summed E-state index contributed by atoms with van der Waals surface area (Å²) in [5.74, 6) is -0.797. The molecule has 140 valence electrons. The van der Waals surface area contributed by atoms with E-state index >= 15 is 0 Å². The highest BCUT2D eigenvalue weighted by atomic mass is 32.1. The van der Waals surface area contributed by atoms with Crippen LogP contribution >= 0.6 is 11.3 Å². The third kappa shape index (κ3) is 3.81. The van der Waals surface area contributed by atoms with Gasteiger partial charge in [-0.05, 0) is 22.9 Å². The van der Waals surface area contributed by atoms with Gasteiger partial charge >= 0.3 is 5.97 Å². The molecule has 0 bridgehead atoms. The maximum atomic E-state index is 12.7. The van der Waals surface area contributed by atoms with Gasteiger partial charge in [0.1, 0.15) is 23.3 Å². The first-order valence-electron chi connectivity index (χ1n) is 8.19. The Morgan fingerprint density at radius 1 is 1.14 bits per heavy atom. The van der Waals surface area contributed by atoms with Crippen LogP contribution in [0, 0.1) is 0 Å². The molecule has 0 radical (unpaired) electrons. The highest BCUT2D eigenvalue weighted by molar-refractivity contribution is 7.13. The van der Waals surface area contributed by atoms with Crippen LogP contribution in [0.2, 0.25) is 0 Å². The van der Waals surface area contributed by atoms with Crippen LogP contribution in [-0.2, 0) is 16.2 Å². The quantitative estimate of drug-likeness (QED) is 0.302. The lowest BCUT2D eigenvalue weighted by Gasteiger charge is -2.05. The average Bonchev–Trinajstić information content (AvgIpc) is 3.32. The molecule has 0 atom stereocenters. The van der Waals surface area contributed by atoms with Crippen molar-refractivity contribution in [1.82, 2.24) is 20.1 Å². The molecule has 10 heteroatoms. The number of anilines is 1. The van der Waals surface area contributed by atoms with Crippen molar-refractivity contribution in [3.63, 3.8) is 0 Å². The van der Waals surface area contributed by atoms with Crippen LogP contribution in [0.1, 0.15) is 11.3 Å². The van der Waals surface area contributed by atoms with Gasteiger partial charge in [-0.25, -0.2) is 9.78 Å². The fourth-order valence-electron chi connectivity index (χ4n) is 2.37. The van der Waals surface area contributed by atoms with Gasteiger partial charge in [0.2, 0.25) is 5.71 Å². The van der Waals surface area contributed by atoms with Crippen LogP contribution < -0.4 is 10.6 Å². The van der Waals surface area contributed by atoms with Crippen molar-refractivity contribution >= 4 is 39.2 Å². The molecule has 0 aliphatic heterocycles. The standard InChI is InChI=1S/C18H14N6O3S/c19-18-20-14(11-28-18)16(22-26-10-12-6-2-1-3-7-12)17(25)27-24-15-9-5-4-8-13(15)21-23-24/h1-9,11H,10H2,(H2,19,20)/b22-16-. The van der Waals surface area contributed by atoms with Crippen molar-refractivity contribution in [2.75, 3.05) is 5.73 Å². The number of nitrogens with zero attached hydrogens (tertiary/aromatic N) is 5. The number of oxime groups is 1. The van der Waals surface area contributed by atoms with Crippen molar-refractivity contribution in [2.45, 2.75) is 6.61 Å². The molecule has 0 aliphatic carbocycles. The van der Waals surface area contributed by atoms with Crippen LogP contribution in [0.4, 0.5) is 5.13 Å². The number of hydrogen-bond acceptors (Lipinski definition) is 9. The van der Waals surface area contributed by atoms with Crippen LogP contribution in [0.15, 0.2) is 65.1 Å². The van der Waals surface area contributed by atoms with E-state index in [-0.39, 0.29) is 18.0 Å². The van der Waals surface area contributed by atoms with E-state index in [9.17, 15) is 4.79 Å². The minimum atomic E-state index is -0.797. The number of carbonyl (C=O) groups excluding carboxylic acids is 1. The van der Waals surface area contributed by atoms with Crippen LogP contribution in [-0.4, -0.2) is 31.8 Å². The second-order valence-electron chi connectivity index (χ2n) is 5.60. The maximum Gasteiger partial charge on any atom is 0.389 e. The Bertz CT molecular complexity index is 1140. The van der Waals surface area contributed by atoms with E-state index in [2.05, 4.69) is 20.5 Å². The summed E-state index contributed by atoms with van der Waals surface area (Å²) >= 11 is 1.18. The SMILES string of the molecule is Nc1nc(/C(=N/OCc2ccccc2)C(=O)On2nnc3ccccc32)cs1. The van der Waals surface area contributed by atoms with Gasteiger partial charge in [-0.1, -0.05) is 52.5 Å². The van der Waals surface area contributed by atoms with Gasteiger partial charge in [-0.2, -0.15) is 0 Å². The molecular weight excluding hydrogens is 380 g/mol. The highest BCUT2D eigenvalue weighted by Gasteiger charge is 2.22. The Hall–Kier alpha value is -3.79. The molecule has 0 saturated carbocycles. The molecule has 2 aromatic carbocycles. The Labute approximate surface area is 163 Å². The van der Waals surface area contributed by atoms with Crippen molar-refractivity contribution in [3.8, 4) is 0 Å². The summed E-state index contributed by atoms with van der Waals surface area (Å²) in [6, 6.07) is 16.5. The summed E-state index contributed by atoms with van der Waals surface area (Å²) in [6.07, 6.45) is 0. The molecule has 4 rings (SSSR count). The summed E-state index contributed by atoms with van der Waals surface area (Å²) < 4.78 is 0. The third-order valence-electron chi connectivity index (χ3n) is 3.68. The number of rotatable bonds is 6. The van der Waals surface area contributed by atoms with E-state index in [1.54, 1.807) is 23.6 Å². The molecule has 9 nitrogen and oxygen atoms in total. The molecule has 0 fully saturated rings. The molecule has 0 amide bonds. The smallest absolute Gasteiger partial charge is 0.389 e. The highest BCUT2D eigenvalue weighted by Crippen LogP contribution is 2.14. The van der Waals surface area contributed by atoms with Gasteiger partial charge < -0.3 is 15.4 Å². The number of fused-ring (bicyclic) bond motifs is 1. The normalized spacial score (nSPS) is 11.5.